The van der Waals surface area contributed by atoms with Gasteiger partial charge in [0, 0.05) is 33.9 Å². The maximum absolute atomic E-state index is 12.6. The number of anilines is 3. The van der Waals surface area contributed by atoms with Crippen LogP contribution >= 0.6 is 15.9 Å². The van der Waals surface area contributed by atoms with Crippen LogP contribution in [0.5, 0.6) is 0 Å². The maximum atomic E-state index is 12.6. The van der Waals surface area contributed by atoms with Crippen LogP contribution in [0, 0.1) is 0 Å². The van der Waals surface area contributed by atoms with Gasteiger partial charge in [-0.05, 0) is 63.1 Å². The molecule has 1 aliphatic heterocycles. The Hall–Kier alpha value is -2.64. The second kappa shape index (κ2) is 7.89. The van der Waals surface area contributed by atoms with E-state index in [1.165, 1.54) is 0 Å². The second-order valence-corrected chi connectivity index (χ2v) is 9.24. The summed E-state index contributed by atoms with van der Waals surface area (Å²) in [7, 11) is 0. The van der Waals surface area contributed by atoms with Crippen LogP contribution < -0.4 is 10.2 Å². The van der Waals surface area contributed by atoms with Gasteiger partial charge < -0.3 is 15.2 Å². The number of hydrogen-bond acceptors (Lipinski definition) is 5. The molecule has 0 saturated carbocycles. The van der Waals surface area contributed by atoms with Gasteiger partial charge in [0.25, 0.3) is 0 Å². The zero-order chi connectivity index (χ0) is 21.5. The molecule has 0 unspecified atom stereocenters. The van der Waals surface area contributed by atoms with Gasteiger partial charge in [0.05, 0.1) is 23.5 Å². The molecule has 7 heteroatoms. The lowest BCUT2D eigenvalue weighted by atomic mass is 10.1. The SMILES string of the molecule is CC(C)(C)OC(=O)N1CCc2ccc(Nc3c(CO)cnc4ccc(Br)cc34)cc21. The van der Waals surface area contributed by atoms with Crippen LogP contribution in [0.15, 0.2) is 47.1 Å². The predicted octanol–water partition coefficient (Wildman–Crippen LogP) is 5.53. The Kier molecular flexibility index (Phi) is 5.42. The van der Waals surface area contributed by atoms with Crippen molar-refractivity contribution in [2.24, 2.45) is 0 Å². The number of aliphatic hydroxyl groups excluding tert-OH is 1. The number of fused-ring (bicyclic) bond motifs is 2. The third-order valence-electron chi connectivity index (χ3n) is 4.94. The number of halogens is 1. The fraction of sp³-hybridized carbons (Fsp3) is 0.304. The number of ether oxygens (including phenoxy) is 1. The summed E-state index contributed by atoms with van der Waals surface area (Å²) < 4.78 is 6.49. The third kappa shape index (κ3) is 4.13. The molecule has 0 atom stereocenters. The standard InChI is InChI=1S/C23H24BrN3O3/c1-23(2,3)30-22(29)27-9-8-14-4-6-17(11-20(14)27)26-21-15(13-28)12-25-19-7-5-16(24)10-18(19)21/h4-7,10-12,28H,8-9,13H2,1-3H3,(H,25,26). The van der Waals surface area contributed by atoms with E-state index in [-0.39, 0.29) is 12.7 Å². The van der Waals surface area contributed by atoms with E-state index in [1.807, 2.05) is 57.2 Å². The fourth-order valence-electron chi connectivity index (χ4n) is 3.58. The van der Waals surface area contributed by atoms with Crippen molar-refractivity contribution in [1.29, 1.82) is 0 Å². The van der Waals surface area contributed by atoms with E-state index >= 15 is 0 Å². The highest BCUT2D eigenvalue weighted by Gasteiger charge is 2.29. The summed E-state index contributed by atoms with van der Waals surface area (Å²) >= 11 is 3.51. The monoisotopic (exact) mass is 469 g/mol. The first-order valence-corrected chi connectivity index (χ1v) is 10.6. The van der Waals surface area contributed by atoms with E-state index < -0.39 is 5.60 Å². The van der Waals surface area contributed by atoms with Gasteiger partial charge in [-0.15, -0.1) is 0 Å². The molecule has 156 valence electrons. The topological polar surface area (TPSA) is 74.7 Å². The van der Waals surface area contributed by atoms with Gasteiger partial charge in [-0.25, -0.2) is 4.79 Å². The minimum atomic E-state index is -0.547. The van der Waals surface area contributed by atoms with E-state index in [0.717, 1.165) is 44.4 Å². The van der Waals surface area contributed by atoms with Gasteiger partial charge in [0.15, 0.2) is 0 Å². The summed E-state index contributed by atoms with van der Waals surface area (Å²) in [6, 6.07) is 11.8. The summed E-state index contributed by atoms with van der Waals surface area (Å²) in [5.74, 6) is 0. The lowest BCUT2D eigenvalue weighted by Crippen LogP contribution is -2.35. The van der Waals surface area contributed by atoms with Crippen molar-refractivity contribution in [3.63, 3.8) is 0 Å². The van der Waals surface area contributed by atoms with Crippen molar-refractivity contribution in [3.8, 4) is 0 Å². The van der Waals surface area contributed by atoms with E-state index in [4.69, 9.17) is 4.74 Å². The third-order valence-corrected chi connectivity index (χ3v) is 5.44. The number of benzene rings is 2. The van der Waals surface area contributed by atoms with Gasteiger partial charge in [-0.2, -0.15) is 0 Å². The molecule has 0 radical (unpaired) electrons. The molecule has 0 fully saturated rings. The Bertz CT molecular complexity index is 1120. The first-order chi connectivity index (χ1) is 14.2. The number of carbonyl (C=O) groups excluding carboxylic acids is 1. The Morgan fingerprint density at radius 3 is 2.80 bits per heavy atom. The van der Waals surface area contributed by atoms with Crippen LogP contribution in [0.3, 0.4) is 0 Å². The summed E-state index contributed by atoms with van der Waals surface area (Å²) in [4.78, 5) is 18.8. The number of nitrogens with one attached hydrogen (secondary N) is 1. The average molecular weight is 470 g/mol. The molecule has 30 heavy (non-hydrogen) atoms. The lowest BCUT2D eigenvalue weighted by Gasteiger charge is -2.25. The summed E-state index contributed by atoms with van der Waals surface area (Å²) in [6.45, 7) is 6.06. The summed E-state index contributed by atoms with van der Waals surface area (Å²) in [5, 5.41) is 14.2. The van der Waals surface area contributed by atoms with Gasteiger partial charge in [-0.1, -0.05) is 22.0 Å². The predicted molar refractivity (Wildman–Crippen MR) is 122 cm³/mol. The van der Waals surface area contributed by atoms with Crippen molar-refractivity contribution < 1.29 is 14.6 Å². The average Bonchev–Trinajstić information content (AvgIpc) is 3.10. The van der Waals surface area contributed by atoms with Crippen LogP contribution in [-0.2, 0) is 17.8 Å². The number of aliphatic hydroxyl groups is 1. The Balaban J connectivity index is 1.70. The van der Waals surface area contributed by atoms with Crippen molar-refractivity contribution in [1.82, 2.24) is 4.98 Å². The number of amides is 1. The van der Waals surface area contributed by atoms with E-state index in [1.54, 1.807) is 11.1 Å². The van der Waals surface area contributed by atoms with Crippen LogP contribution in [0.2, 0.25) is 0 Å². The molecule has 1 aromatic heterocycles. The van der Waals surface area contributed by atoms with Gasteiger partial charge in [0.1, 0.15) is 5.60 Å². The second-order valence-electron chi connectivity index (χ2n) is 8.33. The van der Waals surface area contributed by atoms with Crippen molar-refractivity contribution in [2.45, 2.75) is 39.4 Å². The lowest BCUT2D eigenvalue weighted by molar-refractivity contribution is 0.0584. The molecule has 1 amide bonds. The molecule has 0 bridgehead atoms. The van der Waals surface area contributed by atoms with Crippen LogP contribution in [-0.4, -0.2) is 28.3 Å². The summed E-state index contributed by atoms with van der Waals surface area (Å²) in [6.07, 6.45) is 2.13. The Morgan fingerprint density at radius 1 is 1.27 bits per heavy atom. The molecule has 2 N–H and O–H groups in total. The summed E-state index contributed by atoms with van der Waals surface area (Å²) in [5.41, 5.74) is 4.56. The molecular formula is C23H24BrN3O3. The number of aromatic nitrogens is 1. The van der Waals surface area contributed by atoms with Gasteiger partial charge in [-0.3, -0.25) is 9.88 Å². The van der Waals surface area contributed by atoms with Crippen molar-refractivity contribution in [2.75, 3.05) is 16.8 Å². The number of carbonyl (C=O) groups is 1. The first kappa shape index (κ1) is 20.6. The highest BCUT2D eigenvalue weighted by molar-refractivity contribution is 9.10. The zero-order valence-corrected chi connectivity index (χ0v) is 18.8. The molecule has 0 spiro atoms. The van der Waals surface area contributed by atoms with E-state index in [0.29, 0.717) is 12.1 Å². The largest absolute Gasteiger partial charge is 0.443 e. The first-order valence-electron chi connectivity index (χ1n) is 9.83. The maximum Gasteiger partial charge on any atom is 0.414 e. The number of rotatable bonds is 3. The highest BCUT2D eigenvalue weighted by Crippen LogP contribution is 2.35. The number of pyridine rings is 1. The number of hydrogen-bond donors (Lipinski definition) is 2. The van der Waals surface area contributed by atoms with Crippen LogP contribution in [0.25, 0.3) is 10.9 Å². The number of nitrogens with zero attached hydrogens (tertiary/aromatic N) is 2. The molecule has 0 aliphatic carbocycles. The molecule has 1 aliphatic rings. The van der Waals surface area contributed by atoms with E-state index in [9.17, 15) is 9.90 Å². The molecule has 3 aromatic rings. The smallest absolute Gasteiger partial charge is 0.414 e. The normalized spacial score (nSPS) is 13.4. The molecular weight excluding hydrogens is 446 g/mol. The minimum absolute atomic E-state index is 0.132. The molecule has 2 aromatic carbocycles. The molecule has 0 saturated heterocycles. The van der Waals surface area contributed by atoms with Gasteiger partial charge >= 0.3 is 6.09 Å². The Labute approximate surface area is 184 Å². The molecule has 6 nitrogen and oxygen atoms in total. The fourth-order valence-corrected chi connectivity index (χ4v) is 3.94. The van der Waals surface area contributed by atoms with Crippen LogP contribution in [0.1, 0.15) is 31.9 Å². The highest BCUT2D eigenvalue weighted by atomic mass is 79.9. The zero-order valence-electron chi connectivity index (χ0n) is 17.2. The van der Waals surface area contributed by atoms with Crippen molar-refractivity contribution >= 4 is 50.0 Å². The molecule has 2 heterocycles. The Morgan fingerprint density at radius 2 is 2.07 bits per heavy atom. The minimum Gasteiger partial charge on any atom is -0.443 e. The van der Waals surface area contributed by atoms with E-state index in [2.05, 4.69) is 26.2 Å². The van der Waals surface area contributed by atoms with Crippen molar-refractivity contribution in [3.05, 3.63) is 58.2 Å². The van der Waals surface area contributed by atoms with Crippen LogP contribution in [0.4, 0.5) is 21.9 Å². The molecule has 4 rings (SSSR count). The quantitative estimate of drug-likeness (QED) is 0.527. The van der Waals surface area contributed by atoms with Gasteiger partial charge in [0.2, 0.25) is 0 Å².